The van der Waals surface area contributed by atoms with E-state index in [1.807, 2.05) is 49.4 Å². The highest BCUT2D eigenvalue weighted by Gasteiger charge is 2.09. The summed E-state index contributed by atoms with van der Waals surface area (Å²) >= 11 is 5.96. The molecule has 0 aliphatic heterocycles. The third kappa shape index (κ3) is 3.31. The maximum Gasteiger partial charge on any atom is 0.251 e. The fourth-order valence-electron chi connectivity index (χ4n) is 2.05. The predicted molar refractivity (Wildman–Crippen MR) is 83.3 cm³/mol. The Morgan fingerprint density at radius 1 is 1.20 bits per heavy atom. The first-order valence-electron chi connectivity index (χ1n) is 6.42. The molecule has 0 fully saturated rings. The Hall–Kier alpha value is -2.00. The van der Waals surface area contributed by atoms with Gasteiger partial charge in [0.1, 0.15) is 0 Å². The van der Waals surface area contributed by atoms with Gasteiger partial charge in [-0.15, -0.1) is 0 Å². The van der Waals surface area contributed by atoms with Gasteiger partial charge in [0.25, 0.3) is 5.91 Å². The van der Waals surface area contributed by atoms with Gasteiger partial charge in [0.15, 0.2) is 0 Å². The van der Waals surface area contributed by atoms with E-state index in [1.54, 1.807) is 7.05 Å². The van der Waals surface area contributed by atoms with Crippen LogP contribution in [-0.4, -0.2) is 13.0 Å². The molecule has 0 bridgehead atoms. The van der Waals surface area contributed by atoms with Crippen molar-refractivity contribution in [3.8, 4) is 0 Å². The first kappa shape index (κ1) is 14.4. The number of benzene rings is 2. The van der Waals surface area contributed by atoms with Crippen LogP contribution in [0.5, 0.6) is 0 Å². The molecule has 0 aliphatic carbocycles. The molecule has 2 N–H and O–H groups in total. The molecule has 20 heavy (non-hydrogen) atoms. The SMILES string of the molecule is CNC(=O)c1cccc(NCc2cccc(Cl)c2)c1C. The minimum Gasteiger partial charge on any atom is -0.381 e. The average molecular weight is 289 g/mol. The number of halogens is 1. The van der Waals surface area contributed by atoms with Crippen LogP contribution >= 0.6 is 11.6 Å². The number of hydrogen-bond donors (Lipinski definition) is 2. The van der Waals surface area contributed by atoms with E-state index in [0.29, 0.717) is 12.1 Å². The van der Waals surface area contributed by atoms with Gasteiger partial charge in [-0.05, 0) is 42.3 Å². The van der Waals surface area contributed by atoms with Crippen molar-refractivity contribution in [2.24, 2.45) is 0 Å². The van der Waals surface area contributed by atoms with Gasteiger partial charge in [0.05, 0.1) is 0 Å². The first-order chi connectivity index (χ1) is 9.61. The van der Waals surface area contributed by atoms with Crippen LogP contribution < -0.4 is 10.6 Å². The summed E-state index contributed by atoms with van der Waals surface area (Å²) in [4.78, 5) is 11.7. The van der Waals surface area contributed by atoms with Crippen molar-refractivity contribution in [2.75, 3.05) is 12.4 Å². The lowest BCUT2D eigenvalue weighted by molar-refractivity contribution is 0.0962. The van der Waals surface area contributed by atoms with E-state index < -0.39 is 0 Å². The Morgan fingerprint density at radius 3 is 2.65 bits per heavy atom. The van der Waals surface area contributed by atoms with Crippen LogP contribution in [0, 0.1) is 6.92 Å². The van der Waals surface area contributed by atoms with Gasteiger partial charge in [0.2, 0.25) is 0 Å². The van der Waals surface area contributed by atoms with Gasteiger partial charge in [-0.25, -0.2) is 0 Å². The topological polar surface area (TPSA) is 41.1 Å². The lowest BCUT2D eigenvalue weighted by Crippen LogP contribution is -2.19. The molecular weight excluding hydrogens is 272 g/mol. The second-order valence-corrected chi connectivity index (χ2v) is 4.98. The third-order valence-corrected chi connectivity index (χ3v) is 3.41. The predicted octanol–water partition coefficient (Wildman–Crippen LogP) is 3.62. The van der Waals surface area contributed by atoms with E-state index in [0.717, 1.165) is 21.8 Å². The van der Waals surface area contributed by atoms with Gasteiger partial charge in [0, 0.05) is 29.9 Å². The first-order valence-corrected chi connectivity index (χ1v) is 6.79. The van der Waals surface area contributed by atoms with Crippen LogP contribution in [0.3, 0.4) is 0 Å². The Kier molecular flexibility index (Phi) is 4.64. The van der Waals surface area contributed by atoms with Crippen LogP contribution in [0.15, 0.2) is 42.5 Å². The summed E-state index contributed by atoms with van der Waals surface area (Å²) in [5.74, 6) is -0.0751. The average Bonchev–Trinajstić information content (AvgIpc) is 2.45. The van der Waals surface area contributed by atoms with E-state index in [-0.39, 0.29) is 5.91 Å². The molecular formula is C16H17ClN2O. The molecule has 0 saturated heterocycles. The normalized spacial score (nSPS) is 10.2. The Morgan fingerprint density at radius 2 is 1.95 bits per heavy atom. The summed E-state index contributed by atoms with van der Waals surface area (Å²) in [5.41, 5.74) is 3.67. The monoisotopic (exact) mass is 288 g/mol. The molecule has 2 aromatic rings. The molecule has 0 radical (unpaired) electrons. The Balaban J connectivity index is 2.16. The summed E-state index contributed by atoms with van der Waals surface area (Å²) in [7, 11) is 1.63. The van der Waals surface area contributed by atoms with Crippen molar-refractivity contribution in [1.82, 2.24) is 5.32 Å². The van der Waals surface area contributed by atoms with Crippen molar-refractivity contribution in [3.05, 3.63) is 64.2 Å². The highest BCUT2D eigenvalue weighted by atomic mass is 35.5. The molecule has 104 valence electrons. The van der Waals surface area contributed by atoms with E-state index >= 15 is 0 Å². The van der Waals surface area contributed by atoms with Crippen LogP contribution in [0.25, 0.3) is 0 Å². The minimum absolute atomic E-state index is 0.0751. The highest BCUT2D eigenvalue weighted by Crippen LogP contribution is 2.20. The van der Waals surface area contributed by atoms with Crippen molar-refractivity contribution < 1.29 is 4.79 Å². The number of hydrogen-bond acceptors (Lipinski definition) is 2. The number of anilines is 1. The smallest absolute Gasteiger partial charge is 0.251 e. The summed E-state index contributed by atoms with van der Waals surface area (Å²) in [5, 5.41) is 6.71. The zero-order valence-corrected chi connectivity index (χ0v) is 12.3. The maximum absolute atomic E-state index is 11.7. The lowest BCUT2D eigenvalue weighted by atomic mass is 10.1. The van der Waals surface area contributed by atoms with E-state index in [4.69, 9.17) is 11.6 Å². The van der Waals surface area contributed by atoms with Gasteiger partial charge >= 0.3 is 0 Å². The molecule has 0 saturated carbocycles. The number of rotatable bonds is 4. The second kappa shape index (κ2) is 6.44. The molecule has 0 atom stereocenters. The van der Waals surface area contributed by atoms with E-state index in [2.05, 4.69) is 10.6 Å². The molecule has 2 aromatic carbocycles. The Bertz CT molecular complexity index is 626. The lowest BCUT2D eigenvalue weighted by Gasteiger charge is -2.13. The summed E-state index contributed by atoms with van der Waals surface area (Å²) in [6.45, 7) is 2.60. The molecule has 4 heteroatoms. The Labute approximate surface area is 124 Å². The van der Waals surface area contributed by atoms with Crippen molar-refractivity contribution in [3.63, 3.8) is 0 Å². The van der Waals surface area contributed by atoms with E-state index in [1.165, 1.54) is 0 Å². The van der Waals surface area contributed by atoms with Crippen molar-refractivity contribution in [1.29, 1.82) is 0 Å². The standard InChI is InChI=1S/C16H17ClN2O/c1-11-14(16(20)18-2)7-4-8-15(11)19-10-12-5-3-6-13(17)9-12/h3-9,19H,10H2,1-2H3,(H,18,20). The maximum atomic E-state index is 11.7. The molecule has 0 heterocycles. The quantitative estimate of drug-likeness (QED) is 0.902. The van der Waals surface area contributed by atoms with Crippen LogP contribution in [0.4, 0.5) is 5.69 Å². The summed E-state index contributed by atoms with van der Waals surface area (Å²) < 4.78 is 0. The summed E-state index contributed by atoms with van der Waals surface area (Å²) in [6.07, 6.45) is 0. The molecule has 3 nitrogen and oxygen atoms in total. The van der Waals surface area contributed by atoms with Crippen LogP contribution in [0.2, 0.25) is 5.02 Å². The van der Waals surface area contributed by atoms with E-state index in [9.17, 15) is 4.79 Å². The van der Waals surface area contributed by atoms with Crippen molar-refractivity contribution >= 4 is 23.2 Å². The zero-order chi connectivity index (χ0) is 14.5. The zero-order valence-electron chi connectivity index (χ0n) is 11.5. The van der Waals surface area contributed by atoms with Crippen LogP contribution in [-0.2, 0) is 6.54 Å². The molecule has 1 amide bonds. The number of nitrogens with one attached hydrogen (secondary N) is 2. The third-order valence-electron chi connectivity index (χ3n) is 3.18. The number of carbonyl (C=O) groups excluding carboxylic acids is 1. The molecule has 0 unspecified atom stereocenters. The van der Waals surface area contributed by atoms with Crippen LogP contribution in [0.1, 0.15) is 21.5 Å². The number of carbonyl (C=O) groups is 1. The number of amides is 1. The highest BCUT2D eigenvalue weighted by molar-refractivity contribution is 6.30. The van der Waals surface area contributed by atoms with Gasteiger partial charge in [-0.2, -0.15) is 0 Å². The van der Waals surface area contributed by atoms with Crippen molar-refractivity contribution in [2.45, 2.75) is 13.5 Å². The van der Waals surface area contributed by atoms with Gasteiger partial charge < -0.3 is 10.6 Å². The molecule has 2 rings (SSSR count). The van der Waals surface area contributed by atoms with Gasteiger partial charge in [-0.1, -0.05) is 29.8 Å². The van der Waals surface area contributed by atoms with Gasteiger partial charge in [-0.3, -0.25) is 4.79 Å². The largest absolute Gasteiger partial charge is 0.381 e. The minimum atomic E-state index is -0.0751. The fraction of sp³-hybridized carbons (Fsp3) is 0.188. The molecule has 0 spiro atoms. The second-order valence-electron chi connectivity index (χ2n) is 4.54. The molecule has 0 aliphatic rings. The summed E-state index contributed by atoms with van der Waals surface area (Å²) in [6, 6.07) is 13.4. The molecule has 0 aromatic heterocycles. The fourth-order valence-corrected chi connectivity index (χ4v) is 2.26.